The number of esters is 2. The van der Waals surface area contributed by atoms with E-state index in [2.05, 4.69) is 27.9 Å². The Bertz CT molecular complexity index is 800. The van der Waals surface area contributed by atoms with E-state index in [1.807, 2.05) is 31.2 Å². The van der Waals surface area contributed by atoms with Gasteiger partial charge in [-0.2, -0.15) is 0 Å². The number of benzene rings is 1. The number of carbonyl (C=O) groups is 2. The third kappa shape index (κ3) is 5.14. The first-order chi connectivity index (χ1) is 13.4. The number of hydrogen-bond acceptors (Lipinski definition) is 6. The van der Waals surface area contributed by atoms with Crippen molar-refractivity contribution in [2.45, 2.75) is 33.6 Å². The Labute approximate surface area is 179 Å². The lowest BCUT2D eigenvalue weighted by atomic mass is 9.80. The molecule has 152 valence electrons. The summed E-state index contributed by atoms with van der Waals surface area (Å²) >= 11 is 2.21. The quantitative estimate of drug-likeness (QED) is 0.435. The lowest BCUT2D eigenvalue weighted by Crippen LogP contribution is -2.35. The topological polar surface area (TPSA) is 73.9 Å². The molecule has 1 aromatic carbocycles. The Morgan fingerprint density at radius 3 is 2.25 bits per heavy atom. The third-order valence-electron chi connectivity index (χ3n) is 4.27. The molecule has 0 radical (unpaired) electrons. The van der Waals surface area contributed by atoms with Crippen molar-refractivity contribution in [2.24, 2.45) is 0 Å². The fourth-order valence-corrected chi connectivity index (χ4v) is 3.73. The number of allylic oxidation sites excluding steroid dienone is 1. The average Bonchev–Trinajstić information content (AvgIpc) is 2.65. The normalized spacial score (nSPS) is 16.7. The third-order valence-corrected chi connectivity index (χ3v) is 4.94. The maximum Gasteiger partial charge on any atom is 0.336 e. The summed E-state index contributed by atoms with van der Waals surface area (Å²) < 4.78 is 17.2. The molecule has 1 N–H and O–H groups in total. The summed E-state index contributed by atoms with van der Waals surface area (Å²) in [5, 5.41) is 3.18. The molecule has 0 aliphatic carbocycles. The number of nitrogens with one attached hydrogen (secondary N) is 1. The van der Waals surface area contributed by atoms with Crippen molar-refractivity contribution in [3.63, 3.8) is 0 Å². The Hall–Kier alpha value is -1.87. The summed E-state index contributed by atoms with van der Waals surface area (Å²) in [4.78, 5) is 25.7. The lowest BCUT2D eigenvalue weighted by Gasteiger charge is -2.31. The Morgan fingerprint density at radius 2 is 1.68 bits per heavy atom. The number of halogens is 1. The smallest absolute Gasteiger partial charge is 0.336 e. The van der Waals surface area contributed by atoms with Crippen molar-refractivity contribution < 1.29 is 23.8 Å². The largest absolute Gasteiger partial charge is 0.463 e. The summed E-state index contributed by atoms with van der Waals surface area (Å²) in [7, 11) is 0. The van der Waals surface area contributed by atoms with Gasteiger partial charge in [0.05, 0.1) is 42.6 Å². The molecule has 0 spiro atoms. The zero-order chi connectivity index (χ0) is 20.7. The van der Waals surface area contributed by atoms with Crippen LogP contribution in [0, 0.1) is 3.57 Å². The van der Waals surface area contributed by atoms with Crippen LogP contribution in [0.25, 0.3) is 0 Å². The molecule has 1 unspecified atom stereocenters. The van der Waals surface area contributed by atoms with Crippen molar-refractivity contribution in [2.75, 3.05) is 26.4 Å². The molecule has 1 atom stereocenters. The van der Waals surface area contributed by atoms with Crippen molar-refractivity contribution >= 4 is 34.5 Å². The van der Waals surface area contributed by atoms with Crippen LogP contribution < -0.4 is 5.32 Å². The molecular weight excluding hydrogens is 473 g/mol. The molecule has 6 nitrogen and oxygen atoms in total. The van der Waals surface area contributed by atoms with E-state index in [0.29, 0.717) is 29.1 Å². The molecule has 0 amide bonds. The van der Waals surface area contributed by atoms with Gasteiger partial charge in [-0.25, -0.2) is 9.59 Å². The van der Waals surface area contributed by atoms with Gasteiger partial charge in [0.1, 0.15) is 0 Å². The first-order valence-corrected chi connectivity index (χ1v) is 10.4. The molecule has 0 saturated carbocycles. The van der Waals surface area contributed by atoms with E-state index in [-0.39, 0.29) is 19.8 Å². The Kier molecular flexibility index (Phi) is 8.50. The standard InChI is InChI=1S/C21H26INO5/c1-5-26-12-16-19(21(25)28-7-3)18(14-9-8-10-15(22)11-14)17(13(4)23-16)20(24)27-6-2/h8-11,18,23H,5-7,12H2,1-4H3. The second kappa shape index (κ2) is 10.6. The van der Waals surface area contributed by atoms with E-state index < -0.39 is 17.9 Å². The molecule has 2 rings (SSSR count). The number of rotatable bonds is 8. The highest BCUT2D eigenvalue weighted by Gasteiger charge is 2.38. The summed E-state index contributed by atoms with van der Waals surface area (Å²) in [5.74, 6) is -1.51. The van der Waals surface area contributed by atoms with Gasteiger partial charge in [-0.1, -0.05) is 12.1 Å². The molecule has 7 heteroatoms. The molecular formula is C21H26INO5. The van der Waals surface area contributed by atoms with Gasteiger partial charge in [0.15, 0.2) is 0 Å². The Balaban J connectivity index is 2.68. The van der Waals surface area contributed by atoms with Gasteiger partial charge in [0, 0.05) is 15.9 Å². The molecule has 28 heavy (non-hydrogen) atoms. The minimum atomic E-state index is -0.593. The second-order valence-corrected chi connectivity index (χ2v) is 7.37. The van der Waals surface area contributed by atoms with E-state index in [9.17, 15) is 9.59 Å². The molecule has 0 bridgehead atoms. The zero-order valence-corrected chi connectivity index (χ0v) is 18.8. The van der Waals surface area contributed by atoms with Crippen LogP contribution in [0.15, 0.2) is 46.8 Å². The summed E-state index contributed by atoms with van der Waals surface area (Å²) in [6.07, 6.45) is 0. The van der Waals surface area contributed by atoms with E-state index in [4.69, 9.17) is 14.2 Å². The van der Waals surface area contributed by atoms with Crippen LogP contribution in [-0.4, -0.2) is 38.4 Å². The number of hydrogen-bond donors (Lipinski definition) is 1. The molecule has 1 aliphatic heterocycles. The van der Waals surface area contributed by atoms with Gasteiger partial charge in [-0.05, 0) is 68.0 Å². The predicted molar refractivity (Wildman–Crippen MR) is 115 cm³/mol. The van der Waals surface area contributed by atoms with Gasteiger partial charge < -0.3 is 19.5 Å². The van der Waals surface area contributed by atoms with Crippen molar-refractivity contribution in [1.82, 2.24) is 5.32 Å². The van der Waals surface area contributed by atoms with E-state index in [1.54, 1.807) is 20.8 Å². The van der Waals surface area contributed by atoms with Crippen molar-refractivity contribution in [3.05, 3.63) is 55.9 Å². The van der Waals surface area contributed by atoms with E-state index in [0.717, 1.165) is 9.13 Å². The maximum absolute atomic E-state index is 12.9. The van der Waals surface area contributed by atoms with Crippen LogP contribution in [0.2, 0.25) is 0 Å². The van der Waals surface area contributed by atoms with Gasteiger partial charge in [0.25, 0.3) is 0 Å². The average molecular weight is 499 g/mol. The molecule has 0 aromatic heterocycles. The van der Waals surface area contributed by atoms with Crippen molar-refractivity contribution in [1.29, 1.82) is 0 Å². The summed E-state index contributed by atoms with van der Waals surface area (Å²) in [6, 6.07) is 7.73. The molecule has 1 aliphatic rings. The molecule has 0 fully saturated rings. The first-order valence-electron chi connectivity index (χ1n) is 9.32. The van der Waals surface area contributed by atoms with Gasteiger partial charge >= 0.3 is 11.9 Å². The van der Waals surface area contributed by atoms with E-state index in [1.165, 1.54) is 0 Å². The zero-order valence-electron chi connectivity index (χ0n) is 16.6. The SMILES string of the molecule is CCOCC1=C(C(=O)OCC)C(c2cccc(I)c2)C(C(=O)OCC)=C(C)N1. The predicted octanol–water partition coefficient (Wildman–Crippen LogP) is 3.67. The molecule has 0 saturated heterocycles. The van der Waals surface area contributed by atoms with Crippen LogP contribution in [0.4, 0.5) is 0 Å². The lowest BCUT2D eigenvalue weighted by molar-refractivity contribution is -0.139. The van der Waals surface area contributed by atoms with Crippen LogP contribution in [-0.2, 0) is 23.8 Å². The minimum absolute atomic E-state index is 0.221. The monoisotopic (exact) mass is 499 g/mol. The number of dihydropyridines is 1. The fraction of sp³-hybridized carbons (Fsp3) is 0.429. The number of ether oxygens (including phenoxy) is 3. The minimum Gasteiger partial charge on any atom is -0.463 e. The highest BCUT2D eigenvalue weighted by Crippen LogP contribution is 2.39. The van der Waals surface area contributed by atoms with Gasteiger partial charge in [-0.3, -0.25) is 0 Å². The van der Waals surface area contributed by atoms with Crippen LogP contribution in [0.5, 0.6) is 0 Å². The molecule has 1 heterocycles. The first kappa shape index (κ1) is 22.4. The summed E-state index contributed by atoms with van der Waals surface area (Å²) in [5.41, 5.74) is 2.87. The fourth-order valence-electron chi connectivity index (χ4n) is 3.16. The highest BCUT2D eigenvalue weighted by molar-refractivity contribution is 14.1. The van der Waals surface area contributed by atoms with Crippen molar-refractivity contribution in [3.8, 4) is 0 Å². The van der Waals surface area contributed by atoms with Gasteiger partial charge in [-0.15, -0.1) is 0 Å². The second-order valence-electron chi connectivity index (χ2n) is 6.12. The molecule has 1 aromatic rings. The maximum atomic E-state index is 12.9. The number of carbonyl (C=O) groups excluding carboxylic acids is 2. The highest BCUT2D eigenvalue weighted by atomic mass is 127. The van der Waals surface area contributed by atoms with Crippen LogP contribution in [0.3, 0.4) is 0 Å². The Morgan fingerprint density at radius 1 is 1.04 bits per heavy atom. The van der Waals surface area contributed by atoms with E-state index >= 15 is 0 Å². The van der Waals surface area contributed by atoms with Crippen LogP contribution in [0.1, 0.15) is 39.2 Å². The van der Waals surface area contributed by atoms with Crippen LogP contribution >= 0.6 is 22.6 Å². The van der Waals surface area contributed by atoms with Gasteiger partial charge in [0.2, 0.25) is 0 Å². The summed E-state index contributed by atoms with van der Waals surface area (Å²) in [6.45, 7) is 8.41.